The second-order valence-corrected chi connectivity index (χ2v) is 7.35. The smallest absolute Gasteiger partial charge is 0.242 e. The van der Waals surface area contributed by atoms with Crippen LogP contribution in [0.3, 0.4) is 0 Å². The third-order valence-corrected chi connectivity index (χ3v) is 6.16. The van der Waals surface area contributed by atoms with Crippen molar-refractivity contribution in [2.75, 3.05) is 13.6 Å². The van der Waals surface area contributed by atoms with Gasteiger partial charge in [-0.1, -0.05) is 12.2 Å². The van der Waals surface area contributed by atoms with Crippen molar-refractivity contribution in [2.24, 2.45) is 29.6 Å². The molecule has 5 atom stereocenters. The quantitative estimate of drug-likeness (QED) is 0.576. The zero-order valence-corrected chi connectivity index (χ0v) is 13.1. The number of imide groups is 1. The molecule has 3 aliphatic carbocycles. The van der Waals surface area contributed by atoms with E-state index in [0.717, 1.165) is 6.42 Å². The van der Waals surface area contributed by atoms with Crippen LogP contribution in [0.4, 0.5) is 0 Å². The SMILES string of the molecule is CC(C1CC1)N(C)C(=O)CN1C(=O)C2C3C=CC(C3)C2C1=O. The Morgan fingerprint density at radius 2 is 1.77 bits per heavy atom. The number of nitrogens with zero attached hydrogens (tertiary/aromatic N) is 2. The van der Waals surface area contributed by atoms with E-state index in [1.165, 1.54) is 17.7 Å². The Balaban J connectivity index is 1.46. The van der Waals surface area contributed by atoms with Gasteiger partial charge in [-0.15, -0.1) is 0 Å². The topological polar surface area (TPSA) is 57.7 Å². The molecule has 1 heterocycles. The van der Waals surface area contributed by atoms with Crippen LogP contribution in [0.2, 0.25) is 0 Å². The summed E-state index contributed by atoms with van der Waals surface area (Å²) < 4.78 is 0. The molecule has 0 spiro atoms. The second kappa shape index (κ2) is 4.67. The normalized spacial score (nSPS) is 36.9. The Bertz CT molecular complexity index is 550. The number of rotatable bonds is 4. The molecule has 2 bridgehead atoms. The maximum Gasteiger partial charge on any atom is 0.242 e. The molecule has 1 aliphatic heterocycles. The lowest BCUT2D eigenvalue weighted by Gasteiger charge is -2.27. The first-order chi connectivity index (χ1) is 10.5. The van der Waals surface area contributed by atoms with Crippen LogP contribution in [0.1, 0.15) is 26.2 Å². The summed E-state index contributed by atoms with van der Waals surface area (Å²) in [4.78, 5) is 40.5. The fourth-order valence-electron chi connectivity index (χ4n) is 4.49. The van der Waals surface area contributed by atoms with E-state index in [9.17, 15) is 14.4 Å². The molecule has 4 rings (SSSR count). The molecule has 0 N–H and O–H groups in total. The van der Waals surface area contributed by atoms with Crippen LogP contribution in [0.25, 0.3) is 0 Å². The summed E-state index contributed by atoms with van der Waals surface area (Å²) in [6.45, 7) is 1.96. The summed E-state index contributed by atoms with van der Waals surface area (Å²) in [5, 5.41) is 0. The number of amides is 3. The number of carbonyl (C=O) groups is 3. The Morgan fingerprint density at radius 1 is 1.23 bits per heavy atom. The van der Waals surface area contributed by atoms with Gasteiger partial charge >= 0.3 is 0 Å². The summed E-state index contributed by atoms with van der Waals surface area (Å²) in [5.41, 5.74) is 0. The average molecular weight is 302 g/mol. The summed E-state index contributed by atoms with van der Waals surface area (Å²) in [7, 11) is 1.78. The van der Waals surface area contributed by atoms with E-state index in [0.29, 0.717) is 5.92 Å². The minimum Gasteiger partial charge on any atom is -0.341 e. The monoisotopic (exact) mass is 302 g/mol. The van der Waals surface area contributed by atoms with Gasteiger partial charge in [0.15, 0.2) is 0 Å². The lowest BCUT2D eigenvalue weighted by Crippen LogP contribution is -2.45. The number of fused-ring (bicyclic) bond motifs is 5. The maximum atomic E-state index is 12.6. The highest BCUT2D eigenvalue weighted by atomic mass is 16.2. The highest BCUT2D eigenvalue weighted by Gasteiger charge is 2.59. The molecule has 5 heteroatoms. The zero-order chi connectivity index (χ0) is 15.6. The summed E-state index contributed by atoms with van der Waals surface area (Å²) in [5.74, 6) is 0.187. The van der Waals surface area contributed by atoms with Crippen LogP contribution in [-0.2, 0) is 14.4 Å². The molecule has 0 aromatic carbocycles. The standard InChI is InChI=1S/C17H22N2O3/c1-9(10-3-4-10)18(2)13(20)8-19-16(21)14-11-5-6-12(7-11)15(14)17(19)22/h5-6,9-12,14-15H,3-4,7-8H2,1-2H3. The molecule has 0 radical (unpaired) electrons. The van der Waals surface area contributed by atoms with Crippen molar-refractivity contribution in [1.29, 1.82) is 0 Å². The van der Waals surface area contributed by atoms with Gasteiger partial charge < -0.3 is 4.90 Å². The lowest BCUT2D eigenvalue weighted by atomic mass is 9.85. The maximum absolute atomic E-state index is 12.6. The zero-order valence-electron chi connectivity index (χ0n) is 13.1. The van der Waals surface area contributed by atoms with E-state index in [4.69, 9.17) is 0 Å². The minimum atomic E-state index is -0.207. The molecule has 3 fully saturated rings. The third kappa shape index (κ3) is 1.87. The highest BCUT2D eigenvalue weighted by molar-refractivity contribution is 6.08. The van der Waals surface area contributed by atoms with Crippen LogP contribution in [0, 0.1) is 29.6 Å². The van der Waals surface area contributed by atoms with Crippen molar-refractivity contribution in [3.63, 3.8) is 0 Å². The molecule has 5 nitrogen and oxygen atoms in total. The molecule has 3 amide bonds. The van der Waals surface area contributed by atoms with E-state index in [1.807, 2.05) is 6.92 Å². The van der Waals surface area contributed by atoms with Gasteiger partial charge in [-0.2, -0.15) is 0 Å². The summed E-state index contributed by atoms with van der Waals surface area (Å²) in [6.07, 6.45) is 7.40. The molecular weight excluding hydrogens is 280 g/mol. The van der Waals surface area contributed by atoms with Gasteiger partial charge in [-0.05, 0) is 43.9 Å². The molecule has 0 aromatic rings. The fourth-order valence-corrected chi connectivity index (χ4v) is 4.49. The number of carbonyl (C=O) groups excluding carboxylic acids is 3. The van der Waals surface area contributed by atoms with E-state index < -0.39 is 0 Å². The Hall–Kier alpha value is -1.65. The molecule has 4 aliphatic rings. The predicted octanol–water partition coefficient (Wildman–Crippen LogP) is 1.05. The fraction of sp³-hybridized carbons (Fsp3) is 0.706. The average Bonchev–Trinajstić information content (AvgIpc) is 3.09. The van der Waals surface area contributed by atoms with E-state index in [2.05, 4.69) is 12.2 Å². The third-order valence-electron chi connectivity index (χ3n) is 6.16. The van der Waals surface area contributed by atoms with Gasteiger partial charge in [0, 0.05) is 13.1 Å². The van der Waals surface area contributed by atoms with Gasteiger partial charge in [0.25, 0.3) is 0 Å². The molecule has 1 saturated heterocycles. The van der Waals surface area contributed by atoms with E-state index >= 15 is 0 Å². The van der Waals surface area contributed by atoms with Crippen LogP contribution in [0.15, 0.2) is 12.2 Å². The molecular formula is C17H22N2O3. The van der Waals surface area contributed by atoms with Crippen molar-refractivity contribution < 1.29 is 14.4 Å². The lowest BCUT2D eigenvalue weighted by molar-refractivity contribution is -0.147. The van der Waals surface area contributed by atoms with Crippen molar-refractivity contribution in [3.05, 3.63) is 12.2 Å². The Morgan fingerprint density at radius 3 is 2.27 bits per heavy atom. The molecule has 0 aromatic heterocycles. The number of allylic oxidation sites excluding steroid dienone is 2. The largest absolute Gasteiger partial charge is 0.341 e. The first kappa shape index (κ1) is 14.0. The van der Waals surface area contributed by atoms with Gasteiger partial charge in [-0.3, -0.25) is 19.3 Å². The van der Waals surface area contributed by atoms with Crippen molar-refractivity contribution >= 4 is 17.7 Å². The first-order valence-corrected chi connectivity index (χ1v) is 8.28. The van der Waals surface area contributed by atoms with Crippen molar-refractivity contribution in [3.8, 4) is 0 Å². The molecule has 5 unspecified atom stereocenters. The van der Waals surface area contributed by atoms with Crippen LogP contribution in [-0.4, -0.2) is 47.2 Å². The summed E-state index contributed by atoms with van der Waals surface area (Å²) in [6, 6.07) is 0.192. The highest BCUT2D eigenvalue weighted by Crippen LogP contribution is 2.52. The molecule has 118 valence electrons. The minimum absolute atomic E-state index is 0.0856. The van der Waals surface area contributed by atoms with Gasteiger partial charge in [0.05, 0.1) is 11.8 Å². The predicted molar refractivity (Wildman–Crippen MR) is 79.4 cm³/mol. The molecule has 2 saturated carbocycles. The molecule has 22 heavy (non-hydrogen) atoms. The number of hydrogen-bond donors (Lipinski definition) is 0. The first-order valence-electron chi connectivity index (χ1n) is 8.28. The van der Waals surface area contributed by atoms with Gasteiger partial charge in [0.2, 0.25) is 17.7 Å². The second-order valence-electron chi connectivity index (χ2n) is 7.35. The van der Waals surface area contributed by atoms with Crippen LogP contribution in [0.5, 0.6) is 0 Å². The van der Waals surface area contributed by atoms with Crippen molar-refractivity contribution in [1.82, 2.24) is 9.80 Å². The van der Waals surface area contributed by atoms with Crippen LogP contribution < -0.4 is 0 Å². The number of likely N-dealkylation sites (N-methyl/N-ethyl adjacent to an activating group) is 1. The summed E-state index contributed by atoms with van der Waals surface area (Å²) >= 11 is 0. The van der Waals surface area contributed by atoms with Crippen LogP contribution >= 0.6 is 0 Å². The van der Waals surface area contributed by atoms with E-state index in [1.54, 1.807) is 11.9 Å². The Kier molecular flexibility index (Phi) is 2.97. The van der Waals surface area contributed by atoms with Gasteiger partial charge in [-0.25, -0.2) is 0 Å². The van der Waals surface area contributed by atoms with E-state index in [-0.39, 0.29) is 54.0 Å². The Labute approximate surface area is 130 Å². The van der Waals surface area contributed by atoms with Crippen molar-refractivity contribution in [2.45, 2.75) is 32.2 Å². The van der Waals surface area contributed by atoms with Gasteiger partial charge in [0.1, 0.15) is 6.54 Å². The number of likely N-dealkylation sites (tertiary alicyclic amines) is 1. The number of hydrogen-bond acceptors (Lipinski definition) is 3.